The topological polar surface area (TPSA) is 32.3 Å². The first-order valence-electron chi connectivity index (χ1n) is 4.23. The van der Waals surface area contributed by atoms with Crippen molar-refractivity contribution in [2.45, 2.75) is 25.8 Å². The van der Waals surface area contributed by atoms with E-state index >= 15 is 0 Å². The Hall–Kier alpha value is -0.570. The number of hydrogen-bond acceptors (Lipinski definition) is 2. The molecular weight excluding hydrogens is 140 g/mol. The van der Waals surface area contributed by atoms with Crippen molar-refractivity contribution < 1.29 is 4.79 Å². The summed E-state index contributed by atoms with van der Waals surface area (Å²) in [5, 5.41) is 2.87. The van der Waals surface area contributed by atoms with Gasteiger partial charge in [-0.15, -0.1) is 0 Å². The maximum Gasteiger partial charge on any atom is 0.237 e. The molecule has 64 valence electrons. The summed E-state index contributed by atoms with van der Waals surface area (Å²) in [5.74, 6) is 0.195. The van der Waals surface area contributed by atoms with E-state index in [0.717, 1.165) is 25.9 Å². The van der Waals surface area contributed by atoms with Gasteiger partial charge in [0, 0.05) is 13.1 Å². The molecule has 1 aliphatic heterocycles. The van der Waals surface area contributed by atoms with Crippen LogP contribution in [0.15, 0.2) is 0 Å². The monoisotopic (exact) mass is 156 g/mol. The minimum absolute atomic E-state index is 0.119. The number of carbonyl (C=O) groups excluding carboxylic acids is 1. The van der Waals surface area contributed by atoms with E-state index in [2.05, 4.69) is 17.1 Å². The van der Waals surface area contributed by atoms with E-state index < -0.39 is 0 Å². The second kappa shape index (κ2) is 3.72. The van der Waals surface area contributed by atoms with Crippen LogP contribution in [0.2, 0.25) is 0 Å². The highest BCUT2D eigenvalue weighted by Gasteiger charge is 2.25. The number of likely N-dealkylation sites (N-methyl/N-ethyl adjacent to an activating group) is 1. The molecule has 1 unspecified atom stereocenters. The van der Waals surface area contributed by atoms with Crippen molar-refractivity contribution >= 4 is 5.91 Å². The number of nitrogens with zero attached hydrogens (tertiary/aromatic N) is 1. The Balaban J connectivity index is 2.48. The van der Waals surface area contributed by atoms with Crippen molar-refractivity contribution in [3.8, 4) is 0 Å². The molecule has 0 saturated carbocycles. The van der Waals surface area contributed by atoms with E-state index in [1.165, 1.54) is 0 Å². The predicted molar refractivity (Wildman–Crippen MR) is 44.3 cm³/mol. The minimum atomic E-state index is 0.119. The summed E-state index contributed by atoms with van der Waals surface area (Å²) >= 11 is 0. The van der Waals surface area contributed by atoms with Crippen LogP contribution < -0.4 is 5.32 Å². The lowest BCUT2D eigenvalue weighted by atomic mass is 10.1. The number of carbonyl (C=O) groups is 1. The standard InChI is InChI=1S/C8H16N2O/c1-3-4-7-8(11)9-5-6-10(7)2/h7H,3-6H2,1-2H3,(H,9,11). The third kappa shape index (κ3) is 1.93. The number of piperazine rings is 1. The Labute approximate surface area is 67.8 Å². The van der Waals surface area contributed by atoms with Crippen LogP contribution in [0.5, 0.6) is 0 Å². The third-order valence-electron chi connectivity index (χ3n) is 2.16. The first-order valence-corrected chi connectivity index (χ1v) is 4.23. The van der Waals surface area contributed by atoms with Crippen molar-refractivity contribution in [3.63, 3.8) is 0 Å². The first-order chi connectivity index (χ1) is 5.25. The molecule has 0 aliphatic carbocycles. The Morgan fingerprint density at radius 1 is 1.73 bits per heavy atom. The molecule has 0 aromatic rings. The normalized spacial score (nSPS) is 26.7. The van der Waals surface area contributed by atoms with Gasteiger partial charge in [0.05, 0.1) is 6.04 Å². The fourth-order valence-corrected chi connectivity index (χ4v) is 1.45. The largest absolute Gasteiger partial charge is 0.353 e. The number of hydrogen-bond donors (Lipinski definition) is 1. The van der Waals surface area contributed by atoms with E-state index in [0.29, 0.717) is 0 Å². The summed E-state index contributed by atoms with van der Waals surface area (Å²) < 4.78 is 0. The zero-order chi connectivity index (χ0) is 8.27. The molecule has 1 amide bonds. The van der Waals surface area contributed by atoms with Crippen LogP contribution in [0.4, 0.5) is 0 Å². The summed E-state index contributed by atoms with van der Waals surface area (Å²) in [5.41, 5.74) is 0. The van der Waals surface area contributed by atoms with Gasteiger partial charge in [0.25, 0.3) is 0 Å². The van der Waals surface area contributed by atoms with Crippen LogP contribution in [0, 0.1) is 0 Å². The molecule has 1 N–H and O–H groups in total. The average molecular weight is 156 g/mol. The van der Waals surface area contributed by atoms with Crippen LogP contribution in [0.1, 0.15) is 19.8 Å². The van der Waals surface area contributed by atoms with Gasteiger partial charge in [0.1, 0.15) is 0 Å². The minimum Gasteiger partial charge on any atom is -0.353 e. The number of amides is 1. The smallest absolute Gasteiger partial charge is 0.237 e. The Morgan fingerprint density at radius 2 is 2.45 bits per heavy atom. The molecule has 3 nitrogen and oxygen atoms in total. The molecule has 1 fully saturated rings. The highest BCUT2D eigenvalue weighted by Crippen LogP contribution is 2.07. The number of rotatable bonds is 2. The summed E-state index contributed by atoms with van der Waals surface area (Å²) in [6, 6.07) is 0.119. The maximum atomic E-state index is 11.2. The van der Waals surface area contributed by atoms with Crippen LogP contribution >= 0.6 is 0 Å². The summed E-state index contributed by atoms with van der Waals surface area (Å²) in [4.78, 5) is 13.4. The second-order valence-electron chi connectivity index (χ2n) is 3.08. The summed E-state index contributed by atoms with van der Waals surface area (Å²) in [6.45, 7) is 3.89. The van der Waals surface area contributed by atoms with Gasteiger partial charge in [0.2, 0.25) is 5.91 Å². The van der Waals surface area contributed by atoms with Gasteiger partial charge in [-0.3, -0.25) is 9.69 Å². The zero-order valence-electron chi connectivity index (χ0n) is 7.26. The van der Waals surface area contributed by atoms with Crippen molar-refractivity contribution in [1.82, 2.24) is 10.2 Å². The van der Waals surface area contributed by atoms with Gasteiger partial charge in [-0.2, -0.15) is 0 Å². The number of nitrogens with one attached hydrogen (secondary N) is 1. The van der Waals surface area contributed by atoms with Crippen molar-refractivity contribution in [2.75, 3.05) is 20.1 Å². The molecule has 11 heavy (non-hydrogen) atoms. The lowest BCUT2D eigenvalue weighted by Gasteiger charge is -2.31. The van der Waals surface area contributed by atoms with Crippen molar-refractivity contribution in [1.29, 1.82) is 0 Å². The van der Waals surface area contributed by atoms with Crippen LogP contribution in [0.25, 0.3) is 0 Å². The quantitative estimate of drug-likeness (QED) is 0.620. The molecule has 3 heteroatoms. The lowest BCUT2D eigenvalue weighted by Crippen LogP contribution is -2.53. The van der Waals surface area contributed by atoms with Gasteiger partial charge in [-0.25, -0.2) is 0 Å². The average Bonchev–Trinajstić information content (AvgIpc) is 1.97. The van der Waals surface area contributed by atoms with E-state index in [-0.39, 0.29) is 11.9 Å². The van der Waals surface area contributed by atoms with Crippen molar-refractivity contribution in [2.24, 2.45) is 0 Å². The van der Waals surface area contributed by atoms with Gasteiger partial charge < -0.3 is 5.32 Å². The lowest BCUT2D eigenvalue weighted by molar-refractivity contribution is -0.128. The Kier molecular flexibility index (Phi) is 2.88. The molecule has 0 spiro atoms. The fourth-order valence-electron chi connectivity index (χ4n) is 1.45. The van der Waals surface area contributed by atoms with Crippen molar-refractivity contribution in [3.05, 3.63) is 0 Å². The van der Waals surface area contributed by atoms with Gasteiger partial charge in [0.15, 0.2) is 0 Å². The van der Waals surface area contributed by atoms with Gasteiger partial charge in [-0.05, 0) is 13.5 Å². The van der Waals surface area contributed by atoms with E-state index in [1.807, 2.05) is 7.05 Å². The van der Waals surface area contributed by atoms with E-state index in [1.54, 1.807) is 0 Å². The molecule has 1 heterocycles. The predicted octanol–water partition coefficient (Wildman–Crippen LogP) is 0.217. The Morgan fingerprint density at radius 3 is 3.00 bits per heavy atom. The van der Waals surface area contributed by atoms with Crippen LogP contribution in [0.3, 0.4) is 0 Å². The third-order valence-corrected chi connectivity index (χ3v) is 2.16. The molecule has 0 aromatic carbocycles. The van der Waals surface area contributed by atoms with Crippen LogP contribution in [-0.2, 0) is 4.79 Å². The molecule has 1 atom stereocenters. The van der Waals surface area contributed by atoms with Crippen LogP contribution in [-0.4, -0.2) is 37.0 Å². The first kappa shape index (κ1) is 8.53. The molecule has 1 rings (SSSR count). The molecule has 1 aliphatic rings. The molecular formula is C8H16N2O. The molecule has 1 saturated heterocycles. The molecule has 0 bridgehead atoms. The van der Waals surface area contributed by atoms with Gasteiger partial charge >= 0.3 is 0 Å². The SMILES string of the molecule is CCCC1C(=O)NCCN1C. The second-order valence-corrected chi connectivity index (χ2v) is 3.08. The summed E-state index contributed by atoms with van der Waals surface area (Å²) in [6.07, 6.45) is 2.05. The molecule has 0 aromatic heterocycles. The fraction of sp³-hybridized carbons (Fsp3) is 0.875. The van der Waals surface area contributed by atoms with E-state index in [4.69, 9.17) is 0 Å². The Bertz CT molecular complexity index is 147. The van der Waals surface area contributed by atoms with E-state index in [9.17, 15) is 4.79 Å². The maximum absolute atomic E-state index is 11.2. The summed E-state index contributed by atoms with van der Waals surface area (Å²) in [7, 11) is 2.01. The molecule has 0 radical (unpaired) electrons. The van der Waals surface area contributed by atoms with Gasteiger partial charge in [-0.1, -0.05) is 13.3 Å². The zero-order valence-corrected chi connectivity index (χ0v) is 7.26. The highest BCUT2D eigenvalue weighted by molar-refractivity contribution is 5.82. The highest BCUT2D eigenvalue weighted by atomic mass is 16.2.